The number of amides is 1. The van der Waals surface area contributed by atoms with Gasteiger partial charge in [0.2, 0.25) is 0 Å². The molecule has 0 radical (unpaired) electrons. The molecule has 0 unspecified atom stereocenters. The molecule has 0 fully saturated rings. The number of aromatic nitrogens is 1. The number of benzene rings is 2. The fourth-order valence-electron chi connectivity index (χ4n) is 2.74. The Labute approximate surface area is 139 Å². The van der Waals surface area contributed by atoms with E-state index in [9.17, 15) is 9.18 Å². The van der Waals surface area contributed by atoms with Gasteiger partial charge in [-0.25, -0.2) is 4.39 Å². The van der Waals surface area contributed by atoms with E-state index in [2.05, 4.69) is 28.1 Å². The molecule has 0 saturated heterocycles. The highest BCUT2D eigenvalue weighted by Crippen LogP contribution is 2.19. The van der Waals surface area contributed by atoms with Gasteiger partial charge in [0.25, 0.3) is 5.91 Å². The maximum atomic E-state index is 13.3. The molecule has 2 aromatic carbocycles. The lowest BCUT2D eigenvalue weighted by molar-refractivity contribution is 0.0949. The van der Waals surface area contributed by atoms with Crippen molar-refractivity contribution < 1.29 is 13.9 Å². The van der Waals surface area contributed by atoms with Gasteiger partial charge in [0.15, 0.2) is 0 Å². The van der Waals surface area contributed by atoms with Gasteiger partial charge < -0.3 is 14.6 Å². The predicted molar refractivity (Wildman–Crippen MR) is 91.8 cm³/mol. The van der Waals surface area contributed by atoms with Crippen LogP contribution in [0.15, 0.2) is 54.7 Å². The molecule has 0 saturated carbocycles. The van der Waals surface area contributed by atoms with Crippen LogP contribution in [0.2, 0.25) is 0 Å². The molecule has 0 aliphatic carbocycles. The minimum absolute atomic E-state index is 0.212. The van der Waals surface area contributed by atoms with E-state index in [1.165, 1.54) is 36.2 Å². The Kier molecular flexibility index (Phi) is 4.79. The lowest BCUT2D eigenvalue weighted by atomic mass is 10.2. The largest absolute Gasteiger partial charge is 0.496 e. The number of ether oxygens (including phenoxy) is 1. The van der Waals surface area contributed by atoms with E-state index in [0.717, 1.165) is 13.0 Å². The molecule has 3 rings (SSSR count). The number of hydrogen-bond donors (Lipinski definition) is 1. The van der Waals surface area contributed by atoms with Gasteiger partial charge in [-0.05, 0) is 42.1 Å². The van der Waals surface area contributed by atoms with Crippen molar-refractivity contribution in [1.29, 1.82) is 0 Å². The van der Waals surface area contributed by atoms with Crippen LogP contribution in [-0.4, -0.2) is 24.1 Å². The molecule has 24 heavy (non-hydrogen) atoms. The molecular weight excluding hydrogens is 307 g/mol. The molecule has 0 atom stereocenters. The Balaban J connectivity index is 1.57. The molecule has 1 aromatic heterocycles. The van der Waals surface area contributed by atoms with Crippen LogP contribution in [0.1, 0.15) is 16.8 Å². The summed E-state index contributed by atoms with van der Waals surface area (Å²) >= 11 is 0. The van der Waals surface area contributed by atoms with E-state index in [1.807, 2.05) is 18.3 Å². The third-order valence-electron chi connectivity index (χ3n) is 3.95. The first kappa shape index (κ1) is 16.1. The molecule has 1 heterocycles. The van der Waals surface area contributed by atoms with Crippen LogP contribution < -0.4 is 10.1 Å². The highest BCUT2D eigenvalue weighted by atomic mass is 19.1. The summed E-state index contributed by atoms with van der Waals surface area (Å²) in [5, 5.41) is 4.01. The van der Waals surface area contributed by atoms with Crippen molar-refractivity contribution in [2.24, 2.45) is 0 Å². The Hall–Kier alpha value is -2.82. The number of fused-ring (bicyclic) bond motifs is 1. The van der Waals surface area contributed by atoms with Crippen molar-refractivity contribution in [2.45, 2.75) is 13.0 Å². The first-order valence-electron chi connectivity index (χ1n) is 7.84. The fourth-order valence-corrected chi connectivity index (χ4v) is 2.74. The number of nitrogens with zero attached hydrogens (tertiary/aromatic N) is 1. The van der Waals surface area contributed by atoms with E-state index < -0.39 is 5.82 Å². The molecule has 1 amide bonds. The molecule has 0 spiro atoms. The van der Waals surface area contributed by atoms with E-state index >= 15 is 0 Å². The topological polar surface area (TPSA) is 43.3 Å². The third-order valence-corrected chi connectivity index (χ3v) is 3.95. The van der Waals surface area contributed by atoms with Gasteiger partial charge in [0.1, 0.15) is 11.6 Å². The van der Waals surface area contributed by atoms with Crippen LogP contribution in [0.3, 0.4) is 0 Å². The van der Waals surface area contributed by atoms with E-state index in [4.69, 9.17) is 4.74 Å². The summed E-state index contributed by atoms with van der Waals surface area (Å²) in [6, 6.07) is 14.2. The second kappa shape index (κ2) is 7.17. The number of carbonyl (C=O) groups excluding carboxylic acids is 1. The van der Waals surface area contributed by atoms with Crippen LogP contribution in [0.4, 0.5) is 4.39 Å². The van der Waals surface area contributed by atoms with Gasteiger partial charge in [-0.1, -0.05) is 18.2 Å². The molecule has 0 bridgehead atoms. The first-order valence-corrected chi connectivity index (χ1v) is 7.84. The number of para-hydroxylation sites is 1. The number of nitrogens with one attached hydrogen (secondary N) is 1. The number of rotatable bonds is 6. The summed E-state index contributed by atoms with van der Waals surface area (Å²) in [4.78, 5) is 12.2. The van der Waals surface area contributed by atoms with E-state index in [1.54, 1.807) is 0 Å². The fraction of sp³-hybridized carbons (Fsp3) is 0.211. The van der Waals surface area contributed by atoms with Crippen molar-refractivity contribution >= 4 is 16.8 Å². The van der Waals surface area contributed by atoms with Crippen molar-refractivity contribution in [2.75, 3.05) is 13.7 Å². The molecule has 5 heteroatoms. The van der Waals surface area contributed by atoms with Crippen LogP contribution >= 0.6 is 0 Å². The Bertz CT molecular complexity index is 857. The van der Waals surface area contributed by atoms with Gasteiger partial charge in [-0.3, -0.25) is 4.79 Å². The normalized spacial score (nSPS) is 10.8. The maximum absolute atomic E-state index is 13.3. The van der Waals surface area contributed by atoms with Gasteiger partial charge in [-0.2, -0.15) is 0 Å². The number of halogens is 1. The van der Waals surface area contributed by atoms with Crippen molar-refractivity contribution in [3.05, 3.63) is 66.1 Å². The summed E-state index contributed by atoms with van der Waals surface area (Å²) in [5.41, 5.74) is 1.39. The monoisotopic (exact) mass is 326 g/mol. The minimum Gasteiger partial charge on any atom is -0.496 e. The van der Waals surface area contributed by atoms with Crippen molar-refractivity contribution in [1.82, 2.24) is 9.88 Å². The summed E-state index contributed by atoms with van der Waals surface area (Å²) in [6.07, 6.45) is 2.82. The minimum atomic E-state index is -0.459. The van der Waals surface area contributed by atoms with Crippen LogP contribution in [-0.2, 0) is 6.54 Å². The SMILES string of the molecule is COc1ccc(F)cc1C(=O)NCCCn1ccc2ccccc21. The standard InChI is InChI=1S/C19H19FN2O2/c1-24-18-8-7-15(20)13-16(18)19(23)21-10-4-11-22-12-9-14-5-2-3-6-17(14)22/h2-3,5-9,12-13H,4,10-11H2,1H3,(H,21,23). The van der Waals surface area contributed by atoms with Crippen LogP contribution in [0.25, 0.3) is 10.9 Å². The molecule has 124 valence electrons. The Morgan fingerprint density at radius 3 is 2.88 bits per heavy atom. The highest BCUT2D eigenvalue weighted by molar-refractivity contribution is 5.96. The lowest BCUT2D eigenvalue weighted by Gasteiger charge is -2.10. The average molecular weight is 326 g/mol. The Morgan fingerprint density at radius 2 is 2.04 bits per heavy atom. The lowest BCUT2D eigenvalue weighted by Crippen LogP contribution is -2.25. The molecule has 0 aliphatic rings. The maximum Gasteiger partial charge on any atom is 0.255 e. The van der Waals surface area contributed by atoms with E-state index in [-0.39, 0.29) is 11.5 Å². The van der Waals surface area contributed by atoms with Crippen LogP contribution in [0.5, 0.6) is 5.75 Å². The van der Waals surface area contributed by atoms with Gasteiger partial charge in [0, 0.05) is 24.8 Å². The molecule has 3 aromatic rings. The molecule has 0 aliphatic heterocycles. The molecule has 1 N–H and O–H groups in total. The quantitative estimate of drug-likeness (QED) is 0.703. The van der Waals surface area contributed by atoms with Crippen molar-refractivity contribution in [3.63, 3.8) is 0 Å². The summed E-state index contributed by atoms with van der Waals surface area (Å²) in [7, 11) is 1.46. The predicted octanol–water partition coefficient (Wildman–Crippen LogP) is 3.61. The number of carbonyl (C=O) groups is 1. The number of methoxy groups -OCH3 is 1. The second-order valence-corrected chi connectivity index (χ2v) is 5.52. The molecule has 4 nitrogen and oxygen atoms in total. The highest BCUT2D eigenvalue weighted by Gasteiger charge is 2.12. The Morgan fingerprint density at radius 1 is 1.21 bits per heavy atom. The van der Waals surface area contributed by atoms with Crippen LogP contribution in [0, 0.1) is 5.82 Å². The number of hydrogen-bond acceptors (Lipinski definition) is 2. The zero-order valence-electron chi connectivity index (χ0n) is 13.5. The average Bonchev–Trinajstić information content (AvgIpc) is 3.01. The van der Waals surface area contributed by atoms with E-state index in [0.29, 0.717) is 12.3 Å². The number of aryl methyl sites for hydroxylation is 1. The second-order valence-electron chi connectivity index (χ2n) is 5.52. The summed E-state index contributed by atoms with van der Waals surface area (Å²) in [6.45, 7) is 1.30. The smallest absolute Gasteiger partial charge is 0.255 e. The first-order chi connectivity index (χ1) is 11.7. The van der Waals surface area contributed by atoms with Crippen molar-refractivity contribution in [3.8, 4) is 5.75 Å². The zero-order chi connectivity index (χ0) is 16.9. The summed E-state index contributed by atoms with van der Waals surface area (Å²) < 4.78 is 20.6. The van der Waals surface area contributed by atoms with Gasteiger partial charge >= 0.3 is 0 Å². The van der Waals surface area contributed by atoms with Gasteiger partial charge in [-0.15, -0.1) is 0 Å². The third kappa shape index (κ3) is 3.40. The molecular formula is C19H19FN2O2. The summed E-state index contributed by atoms with van der Waals surface area (Å²) in [5.74, 6) is -0.422. The zero-order valence-corrected chi connectivity index (χ0v) is 13.5. The van der Waals surface area contributed by atoms with Gasteiger partial charge in [0.05, 0.1) is 12.7 Å².